The molecule has 37 heavy (non-hydrogen) atoms. The molecular formula is C27H27FN2O6S. The lowest BCUT2D eigenvalue weighted by atomic mass is 9.87. The van der Waals surface area contributed by atoms with Crippen molar-refractivity contribution < 1.29 is 31.8 Å². The smallest absolute Gasteiger partial charge is 0.264 e. The van der Waals surface area contributed by atoms with Crippen molar-refractivity contribution in [3.8, 4) is 17.2 Å². The van der Waals surface area contributed by atoms with E-state index in [9.17, 15) is 17.6 Å². The molecular weight excluding hydrogens is 499 g/mol. The third-order valence-electron chi connectivity index (χ3n) is 6.50. The number of halogens is 1. The zero-order chi connectivity index (χ0) is 26.0. The Kier molecular flexibility index (Phi) is 6.92. The summed E-state index contributed by atoms with van der Waals surface area (Å²) >= 11 is 0. The molecule has 194 valence electrons. The molecule has 5 rings (SSSR count). The van der Waals surface area contributed by atoms with E-state index in [1.165, 1.54) is 30.3 Å². The summed E-state index contributed by atoms with van der Waals surface area (Å²) in [5, 5.41) is 2.99. The number of nitrogens with one attached hydrogen (secondary N) is 1. The number of amides is 1. The highest BCUT2D eigenvalue weighted by Crippen LogP contribution is 2.35. The highest BCUT2D eigenvalue weighted by Gasteiger charge is 2.30. The van der Waals surface area contributed by atoms with Crippen LogP contribution in [0.2, 0.25) is 0 Å². The third-order valence-corrected chi connectivity index (χ3v) is 8.27. The Hall–Kier alpha value is -3.79. The molecule has 0 spiro atoms. The van der Waals surface area contributed by atoms with E-state index in [-0.39, 0.29) is 16.6 Å². The van der Waals surface area contributed by atoms with Gasteiger partial charge in [0.2, 0.25) is 5.91 Å². The number of hydrogen-bond acceptors (Lipinski definition) is 6. The number of benzene rings is 3. The Morgan fingerprint density at radius 1 is 1.05 bits per heavy atom. The van der Waals surface area contributed by atoms with Gasteiger partial charge in [0.25, 0.3) is 10.0 Å². The van der Waals surface area contributed by atoms with E-state index in [2.05, 4.69) is 5.32 Å². The summed E-state index contributed by atoms with van der Waals surface area (Å²) in [7, 11) is -2.60. The largest absolute Gasteiger partial charge is 0.497 e. The summed E-state index contributed by atoms with van der Waals surface area (Å²) in [4.78, 5) is 13.2. The molecule has 8 nitrogen and oxygen atoms in total. The molecule has 1 heterocycles. The Balaban J connectivity index is 1.43. The number of nitrogens with zero attached hydrogens (tertiary/aromatic N) is 1. The molecule has 10 heteroatoms. The van der Waals surface area contributed by atoms with Crippen LogP contribution in [0.1, 0.15) is 30.0 Å². The summed E-state index contributed by atoms with van der Waals surface area (Å²) in [6.45, 7) is 0.192. The van der Waals surface area contributed by atoms with Crippen molar-refractivity contribution in [3.05, 3.63) is 77.6 Å². The average Bonchev–Trinajstić information content (AvgIpc) is 2.91. The molecule has 0 bridgehead atoms. The van der Waals surface area contributed by atoms with E-state index in [4.69, 9.17) is 14.2 Å². The van der Waals surface area contributed by atoms with Crippen molar-refractivity contribution in [1.82, 2.24) is 5.32 Å². The van der Waals surface area contributed by atoms with Crippen LogP contribution in [0, 0.1) is 5.82 Å². The van der Waals surface area contributed by atoms with Crippen LogP contribution in [-0.2, 0) is 21.2 Å². The Morgan fingerprint density at radius 3 is 2.57 bits per heavy atom. The monoisotopic (exact) mass is 526 g/mol. The fourth-order valence-corrected chi connectivity index (χ4v) is 6.11. The maximum absolute atomic E-state index is 13.7. The predicted octanol–water partition coefficient (Wildman–Crippen LogP) is 3.99. The van der Waals surface area contributed by atoms with Gasteiger partial charge < -0.3 is 19.5 Å². The minimum Gasteiger partial charge on any atom is -0.497 e. The van der Waals surface area contributed by atoms with Gasteiger partial charge in [0.05, 0.1) is 23.7 Å². The van der Waals surface area contributed by atoms with Gasteiger partial charge in [0.15, 0.2) is 11.5 Å². The predicted molar refractivity (Wildman–Crippen MR) is 135 cm³/mol. The zero-order valence-corrected chi connectivity index (χ0v) is 21.1. The van der Waals surface area contributed by atoms with Gasteiger partial charge in [-0.25, -0.2) is 12.8 Å². The van der Waals surface area contributed by atoms with Gasteiger partial charge in [-0.05, 0) is 78.9 Å². The molecule has 0 aromatic heterocycles. The molecule has 2 aliphatic rings. The van der Waals surface area contributed by atoms with Gasteiger partial charge in [-0.3, -0.25) is 9.10 Å². The van der Waals surface area contributed by atoms with E-state index in [0.29, 0.717) is 24.7 Å². The van der Waals surface area contributed by atoms with Gasteiger partial charge in [-0.2, -0.15) is 0 Å². The summed E-state index contributed by atoms with van der Waals surface area (Å²) < 4.78 is 58.5. The minimum absolute atomic E-state index is 0.0658. The molecule has 3 aromatic carbocycles. The van der Waals surface area contributed by atoms with Crippen molar-refractivity contribution >= 4 is 21.6 Å². The number of fused-ring (bicyclic) bond motifs is 2. The van der Waals surface area contributed by atoms with E-state index >= 15 is 0 Å². The lowest BCUT2D eigenvalue weighted by molar-refractivity contribution is -0.120. The number of carbonyl (C=O) groups is 1. The third kappa shape index (κ3) is 5.20. The maximum Gasteiger partial charge on any atom is 0.264 e. The Morgan fingerprint density at radius 2 is 1.81 bits per heavy atom. The number of aryl methyl sites for hydroxylation is 1. The molecule has 0 saturated carbocycles. The molecule has 1 aliphatic heterocycles. The quantitative estimate of drug-likeness (QED) is 0.500. The van der Waals surface area contributed by atoms with E-state index in [0.717, 1.165) is 52.6 Å². The highest BCUT2D eigenvalue weighted by molar-refractivity contribution is 7.92. The van der Waals surface area contributed by atoms with Gasteiger partial charge in [0.1, 0.15) is 31.3 Å². The van der Waals surface area contributed by atoms with Crippen LogP contribution < -0.4 is 23.8 Å². The van der Waals surface area contributed by atoms with Gasteiger partial charge in [-0.1, -0.05) is 6.07 Å². The molecule has 1 N–H and O–H groups in total. The first kappa shape index (κ1) is 24.9. The number of sulfonamides is 1. The van der Waals surface area contributed by atoms with Crippen LogP contribution in [0.15, 0.2) is 65.6 Å². The molecule has 1 atom stereocenters. The number of carbonyl (C=O) groups excluding carboxylic acids is 1. The topological polar surface area (TPSA) is 94.2 Å². The van der Waals surface area contributed by atoms with Crippen LogP contribution in [0.5, 0.6) is 17.2 Å². The first-order valence-electron chi connectivity index (χ1n) is 12.0. The SMILES string of the molecule is COc1ccc2c(c1)CCCC2NC(=O)CN(c1ccc(F)cc1)S(=O)(=O)c1ccc2c(c1)OCCO2. The van der Waals surface area contributed by atoms with Gasteiger partial charge in [0, 0.05) is 6.07 Å². The van der Waals surface area contributed by atoms with Crippen LogP contribution in [0.4, 0.5) is 10.1 Å². The van der Waals surface area contributed by atoms with Crippen molar-refractivity contribution in [2.75, 3.05) is 31.2 Å². The van der Waals surface area contributed by atoms with Crippen LogP contribution in [0.25, 0.3) is 0 Å². The highest BCUT2D eigenvalue weighted by atomic mass is 32.2. The maximum atomic E-state index is 13.7. The second-order valence-corrected chi connectivity index (χ2v) is 10.7. The molecule has 1 unspecified atom stereocenters. The molecule has 1 amide bonds. The number of hydrogen-bond donors (Lipinski definition) is 1. The minimum atomic E-state index is -4.21. The second-order valence-electron chi connectivity index (χ2n) is 8.87. The standard InChI is InChI=1S/C27H27FN2O6S/c1-34-21-9-11-23-18(15-21)3-2-4-24(23)29-27(31)17-30(20-7-5-19(28)6-8-20)37(32,33)22-10-12-25-26(16-22)36-14-13-35-25/h5-12,15-16,24H,2-4,13-14,17H2,1H3,(H,29,31). The van der Waals surface area contributed by atoms with Gasteiger partial charge >= 0.3 is 0 Å². The fraction of sp³-hybridized carbons (Fsp3) is 0.296. The average molecular weight is 527 g/mol. The fourth-order valence-electron chi connectivity index (χ4n) is 4.67. The summed E-state index contributed by atoms with van der Waals surface area (Å²) in [5.41, 5.74) is 2.25. The second kappa shape index (κ2) is 10.3. The van der Waals surface area contributed by atoms with Crippen LogP contribution in [-0.4, -0.2) is 41.2 Å². The summed E-state index contributed by atoms with van der Waals surface area (Å²) in [6, 6.07) is 14.8. The van der Waals surface area contributed by atoms with E-state index < -0.39 is 28.3 Å². The van der Waals surface area contributed by atoms with Crippen molar-refractivity contribution in [1.29, 1.82) is 0 Å². The normalized spacial score (nSPS) is 16.4. The Labute approximate surface area is 215 Å². The van der Waals surface area contributed by atoms with Crippen molar-refractivity contribution in [3.63, 3.8) is 0 Å². The van der Waals surface area contributed by atoms with E-state index in [1.807, 2.05) is 18.2 Å². The van der Waals surface area contributed by atoms with Gasteiger partial charge in [-0.15, -0.1) is 0 Å². The number of rotatable bonds is 7. The molecule has 1 aliphatic carbocycles. The van der Waals surface area contributed by atoms with E-state index in [1.54, 1.807) is 7.11 Å². The lowest BCUT2D eigenvalue weighted by Gasteiger charge is -2.29. The number of anilines is 1. The summed E-state index contributed by atoms with van der Waals surface area (Å²) in [6.07, 6.45) is 2.48. The first-order chi connectivity index (χ1) is 17.8. The van der Waals surface area contributed by atoms with Crippen molar-refractivity contribution in [2.24, 2.45) is 0 Å². The molecule has 0 saturated heterocycles. The number of ether oxygens (including phenoxy) is 3. The molecule has 3 aromatic rings. The van der Waals surface area contributed by atoms with Crippen LogP contribution in [0.3, 0.4) is 0 Å². The summed E-state index contributed by atoms with van der Waals surface area (Å²) in [5.74, 6) is 0.519. The molecule has 0 fully saturated rings. The van der Waals surface area contributed by atoms with Crippen molar-refractivity contribution in [2.45, 2.75) is 30.2 Å². The Bertz CT molecular complexity index is 1410. The molecule has 0 radical (unpaired) electrons. The zero-order valence-electron chi connectivity index (χ0n) is 20.3. The van der Waals surface area contributed by atoms with Crippen LogP contribution >= 0.6 is 0 Å². The first-order valence-corrected chi connectivity index (χ1v) is 13.4. The lowest BCUT2D eigenvalue weighted by Crippen LogP contribution is -2.42. The number of methoxy groups -OCH3 is 1.